The first-order valence-electron chi connectivity index (χ1n) is 31.7. The minimum atomic E-state index is -5.23. The van der Waals surface area contributed by atoms with Crippen molar-refractivity contribution in [2.45, 2.75) is 97.9 Å². The number of nitrogens with zero attached hydrogens (tertiary/aromatic N) is 28. The second-order valence-electron chi connectivity index (χ2n) is 23.6. The van der Waals surface area contributed by atoms with Crippen molar-refractivity contribution >= 4 is 73.9 Å². The van der Waals surface area contributed by atoms with Gasteiger partial charge in [-0.1, -0.05) is 97.5 Å². The first-order valence-corrected chi connectivity index (χ1v) is 31.7. The molecule has 0 saturated carbocycles. The maximum atomic E-state index is 13.0. The number of halogens is 6. The molecule has 4 aliphatic rings. The minimum absolute atomic E-state index is 0. The molecule has 0 N–H and O–H groups in total. The summed E-state index contributed by atoms with van der Waals surface area (Å²) in [4.78, 5) is 47.3. The van der Waals surface area contributed by atoms with Crippen molar-refractivity contribution in [2.24, 2.45) is 9.98 Å². The van der Waals surface area contributed by atoms with Crippen LogP contribution >= 0.6 is 0 Å². The van der Waals surface area contributed by atoms with Gasteiger partial charge in [-0.2, -0.15) is 78.4 Å². The number of ether oxygens (including phenoxy) is 2. The second kappa shape index (κ2) is 41.7. The lowest BCUT2D eigenvalue weighted by molar-refractivity contribution is -0.275. The zero-order valence-electron chi connectivity index (χ0n) is 59.4. The van der Waals surface area contributed by atoms with Crippen molar-refractivity contribution in [1.29, 1.82) is 73.7 Å². The minimum Gasteiger partial charge on any atom is -0.403 e. The monoisotopic (exact) mass is 1690 g/mol. The van der Waals surface area contributed by atoms with Gasteiger partial charge < -0.3 is 9.47 Å². The molecule has 36 heteroatoms. The van der Waals surface area contributed by atoms with Crippen molar-refractivity contribution in [1.82, 2.24) is 0 Å². The van der Waals surface area contributed by atoms with E-state index in [0.29, 0.717) is 27.8 Å². The van der Waals surface area contributed by atoms with Crippen LogP contribution in [0, 0.1) is 252 Å². The van der Waals surface area contributed by atoms with Crippen LogP contribution < -0.4 is 9.47 Å². The number of fused-ring (bicyclic) bond motifs is 12. The number of alkyl halides is 6. The molecule has 4 aliphatic carbocycles. The molecule has 0 radical (unpaired) electrons. The molecule has 30 nitrogen and oxygen atoms in total. The molecule has 0 fully saturated rings. The number of hydrogen-bond donors (Lipinski definition) is 0. The summed E-state index contributed by atoms with van der Waals surface area (Å²) in [6, 6.07) is 29.9. The first-order chi connectivity index (χ1) is 57.5. The normalized spacial score (nSPS) is 11.7. The third-order valence-electron chi connectivity index (χ3n) is 18.2. The summed E-state index contributed by atoms with van der Waals surface area (Å²) in [7, 11) is 0. The Hall–Kier alpha value is -21.2. The zero-order valence-corrected chi connectivity index (χ0v) is 59.4. The molecule has 2 unspecified atom stereocenters. The van der Waals surface area contributed by atoms with Gasteiger partial charge in [0.25, 0.3) is 5.70 Å². The van der Waals surface area contributed by atoms with E-state index in [9.17, 15) is 89.5 Å². The fourth-order valence-electron chi connectivity index (χ4n) is 13.7. The predicted octanol–water partition coefficient (Wildman–Crippen LogP) is 25.2. The molecule has 8 aromatic rings. The lowest BCUT2D eigenvalue weighted by Crippen LogP contribution is -2.19. The van der Waals surface area contributed by atoms with E-state index < -0.39 is 64.1 Å². The summed E-state index contributed by atoms with van der Waals surface area (Å²) in [6.07, 6.45) is -7.27. The largest absolute Gasteiger partial charge is 0.573 e. The van der Waals surface area contributed by atoms with Crippen molar-refractivity contribution in [2.75, 3.05) is 0 Å². The third-order valence-corrected chi connectivity index (χ3v) is 18.2. The Bertz CT molecular complexity index is 7370. The predicted molar refractivity (Wildman–Crippen MR) is 453 cm³/mol. The molecule has 128 heavy (non-hydrogen) atoms. The fraction of sp³-hybridized carbons (Fsp3) is 0.152. The van der Waals surface area contributed by atoms with Crippen LogP contribution in [0.2, 0.25) is 0 Å². The molecule has 2 atom stereocenters. The Balaban J connectivity index is 0.000000837. The maximum Gasteiger partial charge on any atom is 0.573 e. The summed E-state index contributed by atoms with van der Waals surface area (Å²) in [5.41, 5.74) is -2.42. The van der Waals surface area contributed by atoms with Crippen LogP contribution in [-0.4, -0.2) is 30.2 Å². The van der Waals surface area contributed by atoms with Crippen LogP contribution in [0.3, 0.4) is 0 Å². The van der Waals surface area contributed by atoms with Gasteiger partial charge in [-0.15, -0.1) is 26.3 Å². The van der Waals surface area contributed by atoms with Gasteiger partial charge in [0.05, 0.1) is 140 Å². The van der Waals surface area contributed by atoms with Gasteiger partial charge in [0.1, 0.15) is 71.8 Å². The summed E-state index contributed by atoms with van der Waals surface area (Å²) < 4.78 is 85.7. The number of nitriles is 14. The molecule has 0 heterocycles. The molecular formula is C92H48F6N28O2. The van der Waals surface area contributed by atoms with Crippen molar-refractivity contribution < 1.29 is 35.8 Å². The van der Waals surface area contributed by atoms with Crippen LogP contribution in [0.25, 0.3) is 108 Å². The van der Waals surface area contributed by atoms with E-state index in [1.54, 1.807) is 36.5 Å². The number of hydrogen-bond acceptors (Lipinski definition) is 18. The van der Waals surface area contributed by atoms with Gasteiger partial charge >= 0.3 is 18.8 Å². The van der Waals surface area contributed by atoms with E-state index in [-0.39, 0.29) is 239 Å². The lowest BCUT2D eigenvalue weighted by Gasteiger charge is -2.15. The van der Waals surface area contributed by atoms with Gasteiger partial charge in [0, 0.05) is 27.8 Å². The van der Waals surface area contributed by atoms with Crippen molar-refractivity contribution in [3.05, 3.63) is 303 Å². The molecule has 0 spiro atoms. The molecular weight excluding hydrogens is 1640 g/mol. The van der Waals surface area contributed by atoms with Crippen LogP contribution in [0.1, 0.15) is 177 Å². The molecule has 610 valence electrons. The van der Waals surface area contributed by atoms with E-state index >= 15 is 0 Å². The quantitative estimate of drug-likeness (QED) is 0.0686. The number of rotatable bonds is 3. The molecule has 12 rings (SSSR count). The van der Waals surface area contributed by atoms with E-state index in [1.165, 1.54) is 56.4 Å². The number of aliphatic imine (C=N–C) groups is 2. The molecule has 0 aliphatic heterocycles. The first kappa shape index (κ1) is 105. The van der Waals surface area contributed by atoms with Gasteiger partial charge in [0.2, 0.25) is 23.8 Å². The standard InChI is InChI=1S/C22H5F3N6O.C22H4N8.C20H5F3N6O.C20H2N8.8CH4/c1-10-15(29-2)6-13-12-5-11(7-26)21(32-22(23,24)25)14(8-27)17(12)19(16(9-28)30-3)18(13)20(10)31-4;1-27-16-6-13-12-5-11(7-23)14(8-24)15(9-25)18(12)20(17(10-26)28-2)19(13)22(30-4)21(16)29-3;1-9-14(27-2)5-12-11-4-10(6-24)19(30-20(21,22)23)13(7-25)15(11)18(29-8-26)16(12)17(9)28-3;1-25-15-5-12-11-4-10(6-21)13(7-22)14(8-23)16(11)19(28-9-24)17(12)20(27-3)18(15)26-2;;;;;;;;/h5-6H,1H3;5-6,17,20H;4-5H,1H3;4-5H;8*1H4/b19-16-;;;;;;;;;;;. The Kier molecular flexibility index (Phi) is 34.2. The molecule has 0 saturated heterocycles. The topological polar surface area (TPSA) is 429 Å². The molecule has 0 amide bonds. The van der Waals surface area contributed by atoms with Crippen molar-refractivity contribution in [3.63, 3.8) is 0 Å². The summed E-state index contributed by atoms with van der Waals surface area (Å²) in [6.45, 7) is 92.0. The van der Waals surface area contributed by atoms with E-state index in [1.807, 2.05) is 42.5 Å². The average molecular weight is 1690 g/mol. The highest BCUT2D eigenvalue weighted by Crippen LogP contribution is 2.60. The van der Waals surface area contributed by atoms with E-state index in [2.05, 4.69) is 77.6 Å². The van der Waals surface area contributed by atoms with Crippen LogP contribution in [0.15, 0.2) is 64.2 Å². The van der Waals surface area contributed by atoms with E-state index in [0.717, 1.165) is 12.1 Å². The highest BCUT2D eigenvalue weighted by atomic mass is 19.4. The van der Waals surface area contributed by atoms with E-state index in [4.69, 9.17) is 89.4 Å². The van der Waals surface area contributed by atoms with Crippen molar-refractivity contribution in [3.8, 4) is 141 Å². The third kappa shape index (κ3) is 16.8. The highest BCUT2D eigenvalue weighted by Gasteiger charge is 2.46. The van der Waals surface area contributed by atoms with Gasteiger partial charge in [-0.3, -0.25) is 33.9 Å². The summed E-state index contributed by atoms with van der Waals surface area (Å²) in [5.74, 6) is -3.16. The Morgan fingerprint density at radius 2 is 0.664 bits per heavy atom. The van der Waals surface area contributed by atoms with Crippen LogP contribution in [0.5, 0.6) is 11.5 Å². The molecule has 8 aromatic carbocycles. The average Bonchev–Trinajstić information content (AvgIpc) is 1.54. The van der Waals surface area contributed by atoms with Crippen LogP contribution in [0.4, 0.5) is 83.2 Å². The Labute approximate surface area is 731 Å². The Morgan fingerprint density at radius 3 is 1.02 bits per heavy atom. The van der Waals surface area contributed by atoms with Gasteiger partial charge in [-0.25, -0.2) is 36.1 Å². The van der Waals surface area contributed by atoms with Gasteiger partial charge in [-0.05, 0) is 102 Å². The van der Waals surface area contributed by atoms with Gasteiger partial charge in [0.15, 0.2) is 63.1 Å². The number of allylic oxidation sites excluding steroid dienone is 1. The summed E-state index contributed by atoms with van der Waals surface area (Å²) >= 11 is 0. The Morgan fingerprint density at radius 1 is 0.344 bits per heavy atom. The second-order valence-corrected chi connectivity index (χ2v) is 23.6. The zero-order chi connectivity index (χ0) is 88.4. The fourth-order valence-corrected chi connectivity index (χ4v) is 13.7. The highest BCUT2D eigenvalue weighted by molar-refractivity contribution is 6.31. The lowest BCUT2D eigenvalue weighted by atomic mass is 9.84. The maximum absolute atomic E-state index is 13.0. The van der Waals surface area contributed by atoms with Crippen LogP contribution in [-0.2, 0) is 0 Å². The molecule has 0 bridgehead atoms. The number of benzene rings is 8. The summed E-state index contributed by atoms with van der Waals surface area (Å²) in [5, 5.41) is 132. The molecule has 0 aromatic heterocycles. The SMILES string of the molecule is C.C.C.C.C.C.C.C.[C-]#[N+]/C(C#N)=C1/c2c(cc(C#N)c(OC(F)(F)F)c2C#N)-c2cc([N+]#[C-])c(C)c([N+]#[C-])c21.[C-]#[N+]c1cc2c(c([N+]#[C-])c1C)C(=NC#N)c1c-2cc(C#N)c(OC(F)(F)F)c1C#N.[C-]#[N+]c1cc2c(c([N+]#[C-])c1[N+]#[C-])C(=NC#N)c1c-2cc(C#N)c(C#N)c1C#N.[C-]#[N+]c1cc2c(c([N+]#[C-])c1[N+]#[C-])C(C(C#N)[N+]#[C-])c1c-2cc(C#N)c(C#N)c1C#N. The smallest absolute Gasteiger partial charge is 0.403 e.